The van der Waals surface area contributed by atoms with Crippen molar-refractivity contribution in [2.45, 2.75) is 18.1 Å². The second-order valence-corrected chi connectivity index (χ2v) is 9.15. The molecule has 0 aromatic heterocycles. The van der Waals surface area contributed by atoms with E-state index in [2.05, 4.69) is 12.1 Å². The van der Waals surface area contributed by atoms with Gasteiger partial charge in [0.25, 0.3) is 32.1 Å². The molecular weight excluding hydrogens is 386 g/mol. The molecule has 0 N–H and O–H groups in total. The number of carbonyl (C=O) groups is 3. The zero-order valence-electron chi connectivity index (χ0n) is 10.4. The number of amides is 2. The molecule has 15 heteroatoms. The lowest BCUT2D eigenvalue weighted by Crippen LogP contribution is -2.43. The fourth-order valence-corrected chi connectivity index (χ4v) is 6.69. The summed E-state index contributed by atoms with van der Waals surface area (Å²) >= 11 is 0.218. The van der Waals surface area contributed by atoms with Crippen molar-refractivity contribution in [1.29, 1.82) is 0 Å². The molecule has 0 aliphatic carbocycles. The first-order chi connectivity index (χ1) is 10.1. The summed E-state index contributed by atoms with van der Waals surface area (Å²) in [4.78, 5) is 38.9. The van der Waals surface area contributed by atoms with Gasteiger partial charge in [0.2, 0.25) is 5.25 Å². The Balaban J connectivity index is 2.23. The maximum atomic E-state index is 11.9. The van der Waals surface area contributed by atoms with Crippen molar-refractivity contribution in [1.82, 2.24) is 5.06 Å². The molecule has 1 unspecified atom stereocenters. The summed E-state index contributed by atoms with van der Waals surface area (Å²) in [5.41, 5.74) is 0. The fraction of sp³-hybridized carbons (Fsp3) is 0.571. The molecule has 0 spiro atoms. The Morgan fingerprint density at radius 2 is 1.64 bits per heavy atom. The summed E-state index contributed by atoms with van der Waals surface area (Å²) < 4.78 is 55.0. The highest BCUT2D eigenvalue weighted by Crippen LogP contribution is 2.33. The summed E-state index contributed by atoms with van der Waals surface area (Å²) in [5, 5.41) is -2.20. The molecule has 2 fully saturated rings. The van der Waals surface area contributed by atoms with Gasteiger partial charge < -0.3 is 4.84 Å². The second kappa shape index (κ2) is 6.32. The molecule has 2 heterocycles. The molecule has 0 saturated carbocycles. The first-order valence-electron chi connectivity index (χ1n) is 5.37. The van der Waals surface area contributed by atoms with Crippen LogP contribution in [-0.4, -0.2) is 50.7 Å². The van der Waals surface area contributed by atoms with E-state index in [0.717, 1.165) is 0 Å². The molecule has 1 atom stereocenters. The second-order valence-electron chi connectivity index (χ2n) is 3.97. The van der Waals surface area contributed by atoms with Crippen molar-refractivity contribution in [2.75, 3.05) is 5.75 Å². The minimum absolute atomic E-state index is 0.0754. The van der Waals surface area contributed by atoms with E-state index in [4.69, 9.17) is 0 Å². The van der Waals surface area contributed by atoms with Gasteiger partial charge >= 0.3 is 5.97 Å². The number of rotatable bonds is 2. The summed E-state index contributed by atoms with van der Waals surface area (Å²) in [6.07, 6.45) is -0.401. The fourth-order valence-electron chi connectivity index (χ4n) is 1.44. The van der Waals surface area contributed by atoms with Crippen LogP contribution in [0.5, 0.6) is 0 Å². The third-order valence-electron chi connectivity index (χ3n) is 2.44. The minimum atomic E-state index is -4.67. The molecule has 2 amide bonds. The molecule has 22 heavy (non-hydrogen) atoms. The zero-order chi connectivity index (χ0) is 16.5. The number of hydroxylamine groups is 2. The van der Waals surface area contributed by atoms with Gasteiger partial charge in [-0.25, -0.2) is 4.79 Å². The maximum absolute atomic E-state index is 11.9. The average molecular weight is 393 g/mol. The van der Waals surface area contributed by atoms with Crippen LogP contribution in [-0.2, 0) is 46.7 Å². The van der Waals surface area contributed by atoms with Gasteiger partial charge in [0.15, 0.2) is 0 Å². The normalized spacial score (nSPS) is 28.0. The Bertz CT molecular complexity index is 696. The number of hydrogen-bond donors (Lipinski definition) is 0. The summed E-state index contributed by atoms with van der Waals surface area (Å²) in [6.45, 7) is 0. The summed E-state index contributed by atoms with van der Waals surface area (Å²) in [6, 6.07) is 0. The van der Waals surface area contributed by atoms with Crippen LogP contribution in [0.3, 0.4) is 0 Å². The number of carbonyl (C=O) groups excluding carboxylic acids is 3. The summed E-state index contributed by atoms with van der Waals surface area (Å²) in [7, 11) is -9.05. The smallest absolute Gasteiger partial charge is 0.329 e. The quantitative estimate of drug-likeness (QED) is 0.317. The standard InChI is InChI=1S/C7H7NO10S4/c9-5-1-2-6(10)8(5)16-7(11)4-3-21(12,13)17-19-20-18-22(4,14)15/h4H,1-3H2. The lowest BCUT2D eigenvalue weighted by molar-refractivity contribution is -0.196. The van der Waals surface area contributed by atoms with E-state index in [1.807, 2.05) is 0 Å². The Labute approximate surface area is 132 Å². The van der Waals surface area contributed by atoms with Gasteiger partial charge in [0.05, 0.1) is 0 Å². The lowest BCUT2D eigenvalue weighted by Gasteiger charge is -2.19. The molecule has 0 aromatic carbocycles. The highest BCUT2D eigenvalue weighted by atomic mass is 33.1. The van der Waals surface area contributed by atoms with E-state index in [0.29, 0.717) is 0 Å². The monoisotopic (exact) mass is 393 g/mol. The molecule has 2 saturated heterocycles. The van der Waals surface area contributed by atoms with Gasteiger partial charge in [-0.15, -0.1) is 5.06 Å². The van der Waals surface area contributed by atoms with E-state index < -0.39 is 49.0 Å². The third kappa shape index (κ3) is 3.90. The lowest BCUT2D eigenvalue weighted by atomic mass is 10.4. The van der Waals surface area contributed by atoms with Crippen LogP contribution in [0.25, 0.3) is 0 Å². The van der Waals surface area contributed by atoms with Gasteiger partial charge in [-0.2, -0.15) is 24.1 Å². The van der Waals surface area contributed by atoms with Gasteiger partial charge in [0.1, 0.15) is 27.9 Å². The Kier molecular flexibility index (Phi) is 5.03. The van der Waals surface area contributed by atoms with Crippen LogP contribution in [0.4, 0.5) is 0 Å². The molecule has 0 bridgehead atoms. The minimum Gasteiger partial charge on any atom is -0.329 e. The van der Waals surface area contributed by atoms with Crippen molar-refractivity contribution in [3.63, 3.8) is 0 Å². The predicted molar refractivity (Wildman–Crippen MR) is 71.0 cm³/mol. The number of nitrogens with zero attached hydrogens (tertiary/aromatic N) is 1. The molecule has 0 radical (unpaired) electrons. The van der Waals surface area contributed by atoms with E-state index in [9.17, 15) is 31.2 Å². The molecule has 0 aromatic rings. The van der Waals surface area contributed by atoms with Gasteiger partial charge in [-0.3, -0.25) is 9.59 Å². The number of imide groups is 1. The third-order valence-corrected chi connectivity index (χ3v) is 7.70. The molecule has 2 aliphatic heterocycles. The van der Waals surface area contributed by atoms with Crippen LogP contribution in [0.2, 0.25) is 0 Å². The van der Waals surface area contributed by atoms with Crippen LogP contribution in [0.15, 0.2) is 0 Å². The number of hydrogen-bond acceptors (Lipinski definition) is 12. The molecule has 124 valence electrons. The van der Waals surface area contributed by atoms with E-state index in [1.54, 1.807) is 0 Å². The van der Waals surface area contributed by atoms with Crippen molar-refractivity contribution in [2.24, 2.45) is 0 Å². The van der Waals surface area contributed by atoms with Gasteiger partial charge in [0, 0.05) is 12.8 Å². The zero-order valence-corrected chi connectivity index (χ0v) is 13.6. The van der Waals surface area contributed by atoms with Gasteiger partial charge in [-0.1, -0.05) is 0 Å². The highest BCUT2D eigenvalue weighted by Gasteiger charge is 2.45. The average Bonchev–Trinajstić information content (AvgIpc) is 2.71. The van der Waals surface area contributed by atoms with Crippen LogP contribution in [0, 0.1) is 0 Å². The Morgan fingerprint density at radius 1 is 1.09 bits per heavy atom. The largest absolute Gasteiger partial charge is 0.354 e. The molecule has 11 nitrogen and oxygen atoms in total. The van der Waals surface area contributed by atoms with E-state index in [1.165, 1.54) is 0 Å². The first-order valence-corrected chi connectivity index (χ1v) is 10.4. The first kappa shape index (κ1) is 17.5. The Morgan fingerprint density at radius 3 is 2.23 bits per heavy atom. The topological polar surface area (TPSA) is 150 Å². The SMILES string of the molecule is O=C(ON1C(=O)CCC1=O)C1CS(=O)(=O)OSSOS1(=O)=O. The van der Waals surface area contributed by atoms with Crippen molar-refractivity contribution in [3.8, 4) is 0 Å². The molecular formula is C7H7NO10S4. The van der Waals surface area contributed by atoms with Gasteiger partial charge in [-0.05, 0) is 0 Å². The van der Waals surface area contributed by atoms with Crippen molar-refractivity contribution < 1.29 is 43.3 Å². The van der Waals surface area contributed by atoms with Crippen molar-refractivity contribution >= 4 is 60.2 Å². The Hall–Kier alpha value is -0.870. The summed E-state index contributed by atoms with van der Waals surface area (Å²) in [5.74, 6) is -4.60. The molecule has 2 aliphatic rings. The van der Waals surface area contributed by atoms with E-state index in [-0.39, 0.29) is 40.1 Å². The highest BCUT2D eigenvalue weighted by molar-refractivity contribution is 8.74. The predicted octanol–water partition coefficient (Wildman–Crippen LogP) is -1.12. The van der Waals surface area contributed by atoms with Crippen LogP contribution in [0.1, 0.15) is 12.8 Å². The maximum Gasteiger partial charge on any atom is 0.354 e. The van der Waals surface area contributed by atoms with Crippen LogP contribution < -0.4 is 0 Å². The molecule has 2 rings (SSSR count). The van der Waals surface area contributed by atoms with Crippen molar-refractivity contribution in [3.05, 3.63) is 0 Å². The van der Waals surface area contributed by atoms with E-state index >= 15 is 0 Å². The van der Waals surface area contributed by atoms with Crippen LogP contribution >= 0.6 is 22.1 Å².